The molecule has 2 N–H and O–H groups in total. The molecule has 0 saturated carbocycles. The van der Waals surface area contributed by atoms with Gasteiger partial charge in [0, 0.05) is 61.1 Å². The van der Waals surface area contributed by atoms with Crippen molar-refractivity contribution in [3.8, 4) is 0 Å². The molecule has 0 bridgehead atoms. The first-order valence-electron chi connectivity index (χ1n) is 8.16. The number of hydroxylamine groups is 1. The summed E-state index contributed by atoms with van der Waals surface area (Å²) in [7, 11) is 0. The lowest BCUT2D eigenvalue weighted by Gasteiger charge is -2.23. The molecule has 2 fully saturated rings. The van der Waals surface area contributed by atoms with Crippen molar-refractivity contribution in [3.05, 3.63) is 47.2 Å². The van der Waals surface area contributed by atoms with Crippen molar-refractivity contribution in [2.45, 2.75) is 0 Å². The Morgan fingerprint density at radius 1 is 1.04 bits per heavy atom. The number of benzene rings is 1. The molecule has 25 heavy (non-hydrogen) atoms. The van der Waals surface area contributed by atoms with Gasteiger partial charge in [-0.1, -0.05) is 11.6 Å². The van der Waals surface area contributed by atoms with Crippen LogP contribution in [0.15, 0.2) is 36.7 Å². The van der Waals surface area contributed by atoms with E-state index >= 15 is 0 Å². The molecule has 3 heterocycles. The number of aromatic nitrogens is 2. The van der Waals surface area contributed by atoms with Crippen LogP contribution in [0.3, 0.4) is 0 Å². The van der Waals surface area contributed by atoms with E-state index in [1.807, 2.05) is 12.1 Å². The maximum atomic E-state index is 11.3. The first kappa shape index (κ1) is 16.1. The summed E-state index contributed by atoms with van der Waals surface area (Å²) < 4.78 is 0. The fourth-order valence-electron chi connectivity index (χ4n) is 3.69. The summed E-state index contributed by atoms with van der Waals surface area (Å²) in [5.74, 6) is 1.16. The number of nitrogens with zero attached hydrogens (tertiary/aromatic N) is 4. The first-order valence-corrected chi connectivity index (χ1v) is 8.54. The zero-order valence-corrected chi connectivity index (χ0v) is 14.2. The SMILES string of the molecule is O=C(NO)c1cnc(N2CC3CN(c4ccc(Cl)cc4)CC3C2)nc1. The number of carbonyl (C=O) groups excluding carboxylic acids is 1. The topological polar surface area (TPSA) is 81.6 Å². The Morgan fingerprint density at radius 3 is 2.16 bits per heavy atom. The lowest BCUT2D eigenvalue weighted by molar-refractivity contribution is 0.0705. The molecule has 1 aromatic carbocycles. The third-order valence-corrected chi connectivity index (χ3v) is 5.21. The van der Waals surface area contributed by atoms with Crippen LogP contribution in [0.1, 0.15) is 10.4 Å². The molecule has 0 aliphatic carbocycles. The van der Waals surface area contributed by atoms with E-state index in [0.717, 1.165) is 31.2 Å². The summed E-state index contributed by atoms with van der Waals surface area (Å²) in [5, 5.41) is 9.39. The van der Waals surface area contributed by atoms with Crippen molar-refractivity contribution in [2.75, 3.05) is 36.0 Å². The second kappa shape index (κ2) is 6.50. The smallest absolute Gasteiger partial charge is 0.277 e. The van der Waals surface area contributed by atoms with Gasteiger partial charge in [0.1, 0.15) is 0 Å². The van der Waals surface area contributed by atoms with Crippen LogP contribution >= 0.6 is 11.6 Å². The van der Waals surface area contributed by atoms with E-state index in [1.165, 1.54) is 18.1 Å². The molecule has 0 spiro atoms. The van der Waals surface area contributed by atoms with Gasteiger partial charge in [-0.25, -0.2) is 15.4 Å². The minimum atomic E-state index is -0.608. The lowest BCUT2D eigenvalue weighted by Crippen LogP contribution is -2.30. The molecular formula is C17H18ClN5O2. The highest BCUT2D eigenvalue weighted by molar-refractivity contribution is 6.30. The van der Waals surface area contributed by atoms with E-state index in [0.29, 0.717) is 17.8 Å². The molecule has 2 aromatic rings. The van der Waals surface area contributed by atoms with Gasteiger partial charge in [0.15, 0.2) is 0 Å². The van der Waals surface area contributed by atoms with E-state index in [1.54, 1.807) is 5.48 Å². The average molecular weight is 360 g/mol. The third kappa shape index (κ3) is 3.12. The molecule has 7 nitrogen and oxygen atoms in total. The van der Waals surface area contributed by atoms with Gasteiger partial charge in [-0.05, 0) is 24.3 Å². The van der Waals surface area contributed by atoms with Crippen LogP contribution in [0.2, 0.25) is 5.02 Å². The molecule has 2 aliphatic rings. The number of nitrogens with one attached hydrogen (secondary N) is 1. The van der Waals surface area contributed by atoms with Crippen molar-refractivity contribution in [3.63, 3.8) is 0 Å². The van der Waals surface area contributed by atoms with Crippen LogP contribution in [0.4, 0.5) is 11.6 Å². The van der Waals surface area contributed by atoms with E-state index in [-0.39, 0.29) is 5.56 Å². The number of rotatable bonds is 3. The molecular weight excluding hydrogens is 342 g/mol. The van der Waals surface area contributed by atoms with Crippen molar-refractivity contribution in [2.24, 2.45) is 11.8 Å². The van der Waals surface area contributed by atoms with Crippen molar-refractivity contribution < 1.29 is 10.0 Å². The Balaban J connectivity index is 1.40. The van der Waals surface area contributed by atoms with E-state index in [2.05, 4.69) is 31.9 Å². The highest BCUT2D eigenvalue weighted by Gasteiger charge is 2.40. The number of carbonyl (C=O) groups is 1. The summed E-state index contributed by atoms with van der Waals surface area (Å²) in [6, 6.07) is 7.98. The zero-order valence-electron chi connectivity index (χ0n) is 13.5. The van der Waals surface area contributed by atoms with Gasteiger partial charge >= 0.3 is 0 Å². The molecule has 2 aliphatic heterocycles. The third-order valence-electron chi connectivity index (χ3n) is 4.96. The summed E-state index contributed by atoms with van der Waals surface area (Å²) in [4.78, 5) is 24.4. The van der Waals surface area contributed by atoms with Gasteiger partial charge in [-0.15, -0.1) is 0 Å². The maximum absolute atomic E-state index is 11.3. The second-order valence-electron chi connectivity index (χ2n) is 6.52. The lowest BCUT2D eigenvalue weighted by atomic mass is 10.0. The van der Waals surface area contributed by atoms with Crippen LogP contribution in [-0.2, 0) is 0 Å². The molecule has 1 amide bonds. The van der Waals surface area contributed by atoms with E-state index < -0.39 is 5.91 Å². The molecule has 2 unspecified atom stereocenters. The molecule has 2 atom stereocenters. The highest BCUT2D eigenvalue weighted by atomic mass is 35.5. The van der Waals surface area contributed by atoms with Crippen LogP contribution in [0.25, 0.3) is 0 Å². The number of amides is 1. The maximum Gasteiger partial charge on any atom is 0.277 e. The number of hydrogen-bond donors (Lipinski definition) is 2. The standard InChI is InChI=1S/C17H18ClN5O2/c18-14-1-3-15(4-2-14)22-7-12-9-23(10-13(12)8-22)17-19-5-11(6-20-17)16(24)21-25/h1-6,12-13,25H,7-10H2,(H,21,24). The fraction of sp³-hybridized carbons (Fsp3) is 0.353. The molecule has 2 saturated heterocycles. The first-order chi connectivity index (χ1) is 12.1. The predicted octanol–water partition coefficient (Wildman–Crippen LogP) is 1.82. The Morgan fingerprint density at radius 2 is 1.60 bits per heavy atom. The van der Waals surface area contributed by atoms with Crippen LogP contribution < -0.4 is 15.3 Å². The molecule has 0 radical (unpaired) electrons. The van der Waals surface area contributed by atoms with Gasteiger partial charge in [0.25, 0.3) is 5.91 Å². The van der Waals surface area contributed by atoms with Gasteiger partial charge in [0.2, 0.25) is 5.95 Å². The summed E-state index contributed by atoms with van der Waals surface area (Å²) in [6.45, 7) is 3.82. The minimum Gasteiger partial charge on any atom is -0.371 e. The zero-order chi connectivity index (χ0) is 17.4. The number of anilines is 2. The Bertz CT molecular complexity index is 754. The Hall–Kier alpha value is -2.38. The number of hydrogen-bond acceptors (Lipinski definition) is 6. The van der Waals surface area contributed by atoms with Crippen molar-refractivity contribution >= 4 is 29.1 Å². The fourth-order valence-corrected chi connectivity index (χ4v) is 3.81. The molecule has 1 aromatic heterocycles. The molecule has 130 valence electrons. The van der Waals surface area contributed by atoms with Crippen LogP contribution in [0, 0.1) is 11.8 Å². The van der Waals surface area contributed by atoms with E-state index in [9.17, 15) is 4.79 Å². The normalized spacial score (nSPS) is 22.2. The molecule has 4 rings (SSSR count). The second-order valence-corrected chi connectivity index (χ2v) is 6.96. The number of fused-ring (bicyclic) bond motifs is 1. The highest BCUT2D eigenvalue weighted by Crippen LogP contribution is 2.35. The molecule has 8 heteroatoms. The van der Waals surface area contributed by atoms with Gasteiger partial charge in [-0.3, -0.25) is 10.0 Å². The van der Waals surface area contributed by atoms with Gasteiger partial charge < -0.3 is 9.80 Å². The van der Waals surface area contributed by atoms with Gasteiger partial charge in [-0.2, -0.15) is 0 Å². The summed E-state index contributed by atoms with van der Waals surface area (Å²) >= 11 is 5.96. The average Bonchev–Trinajstić information content (AvgIpc) is 3.21. The summed E-state index contributed by atoms with van der Waals surface area (Å²) in [5.41, 5.74) is 3.03. The largest absolute Gasteiger partial charge is 0.371 e. The Labute approximate surface area is 150 Å². The Kier molecular flexibility index (Phi) is 4.19. The number of halogens is 1. The van der Waals surface area contributed by atoms with Crippen LogP contribution in [-0.4, -0.2) is 47.3 Å². The quantitative estimate of drug-likeness (QED) is 0.642. The van der Waals surface area contributed by atoms with Crippen molar-refractivity contribution in [1.29, 1.82) is 0 Å². The van der Waals surface area contributed by atoms with Gasteiger partial charge in [0.05, 0.1) is 5.56 Å². The van der Waals surface area contributed by atoms with Crippen LogP contribution in [0.5, 0.6) is 0 Å². The monoisotopic (exact) mass is 359 g/mol. The summed E-state index contributed by atoms with van der Waals surface area (Å²) in [6.07, 6.45) is 2.87. The minimum absolute atomic E-state index is 0.236. The predicted molar refractivity (Wildman–Crippen MR) is 94.1 cm³/mol. The van der Waals surface area contributed by atoms with Crippen molar-refractivity contribution in [1.82, 2.24) is 15.4 Å². The van der Waals surface area contributed by atoms with E-state index in [4.69, 9.17) is 16.8 Å².